The van der Waals surface area contributed by atoms with E-state index in [0.29, 0.717) is 25.2 Å². The maximum absolute atomic E-state index is 11.7. The molecule has 2 unspecified atom stereocenters. The lowest BCUT2D eigenvalue weighted by Crippen LogP contribution is -2.51. The number of carbonyl (C=O) groups excluding carboxylic acids is 2. The summed E-state index contributed by atoms with van der Waals surface area (Å²) in [4.78, 5) is 24.8. The molecule has 0 saturated carbocycles. The molecule has 2 atom stereocenters. The van der Waals surface area contributed by atoms with E-state index in [1.165, 1.54) is 4.90 Å². The highest BCUT2D eigenvalue weighted by atomic mass is 16.3. The molecule has 3 amide bonds. The number of rotatable bonds is 3. The van der Waals surface area contributed by atoms with Crippen LogP contribution in [0.25, 0.3) is 0 Å². The maximum atomic E-state index is 11.7. The molecule has 7 heteroatoms. The largest absolute Gasteiger partial charge is 0.369 e. The smallest absolute Gasteiger partial charge is 0.319 e. The van der Waals surface area contributed by atoms with Crippen LogP contribution in [0.1, 0.15) is 29.9 Å². The van der Waals surface area contributed by atoms with Crippen LogP contribution < -0.4 is 10.6 Å². The van der Waals surface area contributed by atoms with Gasteiger partial charge in [-0.2, -0.15) is 0 Å². The van der Waals surface area contributed by atoms with Crippen molar-refractivity contribution < 1.29 is 14.7 Å². The predicted octanol–water partition coefficient (Wildman–Crippen LogP) is -0.104. The summed E-state index contributed by atoms with van der Waals surface area (Å²) >= 11 is 0. The minimum Gasteiger partial charge on any atom is -0.369 e. The average molecular weight is 278 g/mol. The van der Waals surface area contributed by atoms with Crippen molar-refractivity contribution in [3.63, 3.8) is 0 Å². The molecule has 108 valence electrons. The Morgan fingerprint density at radius 1 is 1.45 bits per heavy atom. The molecule has 1 aromatic heterocycles. The highest BCUT2D eigenvalue weighted by molar-refractivity contribution is 5.93. The molecule has 0 radical (unpaired) electrons. The molecule has 20 heavy (non-hydrogen) atoms. The predicted molar refractivity (Wildman–Crippen MR) is 71.1 cm³/mol. The maximum Gasteiger partial charge on any atom is 0.319 e. The lowest BCUT2D eigenvalue weighted by Gasteiger charge is -2.36. The Morgan fingerprint density at radius 2 is 2.25 bits per heavy atom. The van der Waals surface area contributed by atoms with E-state index in [4.69, 9.17) is 0 Å². The van der Waals surface area contributed by atoms with Gasteiger partial charge in [-0.1, -0.05) is 0 Å². The zero-order valence-electron chi connectivity index (χ0n) is 11.3. The van der Waals surface area contributed by atoms with Gasteiger partial charge in [-0.25, -0.2) is 4.79 Å². The van der Waals surface area contributed by atoms with Crippen molar-refractivity contribution in [3.05, 3.63) is 24.0 Å². The summed E-state index contributed by atoms with van der Waals surface area (Å²) in [5, 5.41) is 16.2. The number of fused-ring (bicyclic) bond motifs is 1. The fourth-order valence-corrected chi connectivity index (χ4v) is 3.07. The molecule has 2 aliphatic heterocycles. The van der Waals surface area contributed by atoms with E-state index in [0.717, 1.165) is 0 Å². The fraction of sp³-hybridized carbons (Fsp3) is 0.538. The SMILES string of the molecule is CCN1C(=O)NCC1(O)CC1CNC(=O)c2cccn21. The topological polar surface area (TPSA) is 86.6 Å². The summed E-state index contributed by atoms with van der Waals surface area (Å²) in [5.74, 6) is -0.105. The van der Waals surface area contributed by atoms with Crippen molar-refractivity contribution in [2.75, 3.05) is 19.6 Å². The van der Waals surface area contributed by atoms with E-state index in [9.17, 15) is 14.7 Å². The quantitative estimate of drug-likeness (QED) is 0.721. The van der Waals surface area contributed by atoms with Crippen molar-refractivity contribution >= 4 is 11.9 Å². The molecule has 0 aromatic carbocycles. The van der Waals surface area contributed by atoms with Gasteiger partial charge in [0.2, 0.25) is 0 Å². The van der Waals surface area contributed by atoms with E-state index in [-0.39, 0.29) is 24.5 Å². The van der Waals surface area contributed by atoms with E-state index < -0.39 is 5.72 Å². The summed E-state index contributed by atoms with van der Waals surface area (Å²) in [6.45, 7) is 2.94. The van der Waals surface area contributed by atoms with Gasteiger partial charge in [0.05, 0.1) is 12.6 Å². The van der Waals surface area contributed by atoms with E-state index in [1.54, 1.807) is 6.07 Å². The van der Waals surface area contributed by atoms with Crippen molar-refractivity contribution in [1.82, 2.24) is 20.1 Å². The molecule has 3 heterocycles. The number of aromatic nitrogens is 1. The first kappa shape index (κ1) is 13.0. The summed E-state index contributed by atoms with van der Waals surface area (Å²) in [5.41, 5.74) is -0.620. The highest BCUT2D eigenvalue weighted by Gasteiger charge is 2.45. The van der Waals surface area contributed by atoms with Crippen LogP contribution in [0.2, 0.25) is 0 Å². The molecule has 1 saturated heterocycles. The van der Waals surface area contributed by atoms with E-state index in [2.05, 4.69) is 10.6 Å². The van der Waals surface area contributed by atoms with Crippen LogP contribution in [0, 0.1) is 0 Å². The number of aliphatic hydroxyl groups is 1. The van der Waals surface area contributed by atoms with E-state index in [1.807, 2.05) is 23.8 Å². The van der Waals surface area contributed by atoms with Gasteiger partial charge in [-0.15, -0.1) is 0 Å². The number of carbonyl (C=O) groups is 2. The Morgan fingerprint density at radius 3 is 3.00 bits per heavy atom. The van der Waals surface area contributed by atoms with Crippen LogP contribution in [-0.2, 0) is 0 Å². The van der Waals surface area contributed by atoms with Gasteiger partial charge in [0, 0.05) is 25.7 Å². The first-order valence-corrected chi connectivity index (χ1v) is 6.78. The number of hydrogen-bond donors (Lipinski definition) is 3. The van der Waals surface area contributed by atoms with Gasteiger partial charge < -0.3 is 20.3 Å². The van der Waals surface area contributed by atoms with Gasteiger partial charge in [0.1, 0.15) is 5.69 Å². The molecular formula is C13H18N4O3. The van der Waals surface area contributed by atoms with Gasteiger partial charge >= 0.3 is 6.03 Å². The third-order valence-corrected chi connectivity index (χ3v) is 4.05. The number of β-amino-alcohol motifs (C(OH)–C–C–N with tert-alkyl or cyclic N) is 1. The number of urea groups is 1. The van der Waals surface area contributed by atoms with Gasteiger partial charge in [-0.05, 0) is 19.1 Å². The summed E-state index contributed by atoms with van der Waals surface area (Å²) in [6, 6.07) is 3.25. The molecule has 1 fully saturated rings. The van der Waals surface area contributed by atoms with Crippen LogP contribution in [0.3, 0.4) is 0 Å². The molecule has 0 aliphatic carbocycles. The van der Waals surface area contributed by atoms with Crippen LogP contribution in [0.5, 0.6) is 0 Å². The highest BCUT2D eigenvalue weighted by Crippen LogP contribution is 2.30. The first-order valence-electron chi connectivity index (χ1n) is 6.78. The van der Waals surface area contributed by atoms with Crippen molar-refractivity contribution in [3.8, 4) is 0 Å². The molecule has 1 aromatic rings. The minimum absolute atomic E-state index is 0.0653. The number of nitrogens with zero attached hydrogens (tertiary/aromatic N) is 2. The first-order chi connectivity index (χ1) is 9.55. The molecule has 7 nitrogen and oxygen atoms in total. The van der Waals surface area contributed by atoms with Crippen LogP contribution in [-0.4, -0.2) is 51.9 Å². The van der Waals surface area contributed by atoms with Crippen molar-refractivity contribution in [1.29, 1.82) is 0 Å². The normalized spacial score (nSPS) is 29.1. The van der Waals surface area contributed by atoms with Crippen LogP contribution in [0.4, 0.5) is 4.79 Å². The fourth-order valence-electron chi connectivity index (χ4n) is 3.07. The number of likely N-dealkylation sites (N-methyl/N-ethyl adjacent to an activating group) is 1. The Balaban J connectivity index is 1.84. The Labute approximate surface area is 116 Å². The second kappa shape index (κ2) is 4.52. The monoisotopic (exact) mass is 278 g/mol. The average Bonchev–Trinajstić information content (AvgIpc) is 3.00. The Bertz CT molecular complexity index is 556. The molecule has 3 rings (SSSR count). The van der Waals surface area contributed by atoms with Crippen LogP contribution in [0.15, 0.2) is 18.3 Å². The standard InChI is InChI=1S/C13H18N4O3/c1-2-17-12(19)15-8-13(17,20)6-9-7-14-11(18)10-4-3-5-16(9)10/h3-5,9,20H,2,6-8H2,1H3,(H,14,18)(H,15,19). The van der Waals surface area contributed by atoms with E-state index >= 15 is 0 Å². The zero-order chi connectivity index (χ0) is 14.3. The molecule has 3 N–H and O–H groups in total. The van der Waals surface area contributed by atoms with Crippen molar-refractivity contribution in [2.45, 2.75) is 25.1 Å². The van der Waals surface area contributed by atoms with Gasteiger partial charge in [0.25, 0.3) is 5.91 Å². The zero-order valence-corrected chi connectivity index (χ0v) is 11.3. The third kappa shape index (κ3) is 1.85. The number of nitrogens with one attached hydrogen (secondary N) is 2. The van der Waals surface area contributed by atoms with Gasteiger partial charge in [-0.3, -0.25) is 9.69 Å². The molecule has 2 aliphatic rings. The second-order valence-electron chi connectivity index (χ2n) is 5.25. The second-order valence-corrected chi connectivity index (χ2v) is 5.25. The lowest BCUT2D eigenvalue weighted by atomic mass is 10.0. The Kier molecular flexibility index (Phi) is 2.93. The summed E-state index contributed by atoms with van der Waals surface area (Å²) < 4.78 is 1.87. The number of hydrogen-bond acceptors (Lipinski definition) is 3. The summed E-state index contributed by atoms with van der Waals surface area (Å²) in [7, 11) is 0. The van der Waals surface area contributed by atoms with Crippen molar-refractivity contribution in [2.24, 2.45) is 0 Å². The summed E-state index contributed by atoms with van der Waals surface area (Å²) in [6.07, 6.45) is 2.21. The van der Waals surface area contributed by atoms with Gasteiger partial charge in [0.15, 0.2) is 5.72 Å². The lowest BCUT2D eigenvalue weighted by molar-refractivity contribution is -0.0675. The Hall–Kier alpha value is -2.02. The molecule has 0 bridgehead atoms. The molecular weight excluding hydrogens is 260 g/mol. The number of amides is 3. The minimum atomic E-state index is -1.21. The third-order valence-electron chi connectivity index (χ3n) is 4.05. The van der Waals surface area contributed by atoms with Crippen LogP contribution >= 0.6 is 0 Å². The molecule has 0 spiro atoms.